The van der Waals surface area contributed by atoms with E-state index in [-0.39, 0.29) is 19.1 Å². The van der Waals surface area contributed by atoms with Gasteiger partial charge in [0.05, 0.1) is 13.2 Å². The highest BCUT2D eigenvalue weighted by Crippen LogP contribution is 2.31. The van der Waals surface area contributed by atoms with Gasteiger partial charge >= 0.3 is 11.9 Å². The maximum absolute atomic E-state index is 11.6. The smallest absolute Gasteiger partial charge is 0.344 e. The second kappa shape index (κ2) is 16.1. The first-order valence-electron chi connectivity index (χ1n) is 12.9. The maximum atomic E-state index is 11.6. The van der Waals surface area contributed by atoms with Gasteiger partial charge in [-0.1, -0.05) is 54.6 Å². The van der Waals surface area contributed by atoms with Crippen LogP contribution in [0.3, 0.4) is 0 Å². The highest BCUT2D eigenvalue weighted by molar-refractivity contribution is 5.71. The number of carbonyl (C=O) groups is 2. The van der Waals surface area contributed by atoms with E-state index in [0.717, 1.165) is 30.6 Å². The van der Waals surface area contributed by atoms with Crippen molar-refractivity contribution in [2.24, 2.45) is 0 Å². The third-order valence-corrected chi connectivity index (χ3v) is 5.75. The molecule has 7 heteroatoms. The average Bonchev–Trinajstić information content (AvgIpc) is 2.94. The van der Waals surface area contributed by atoms with Gasteiger partial charge in [0.2, 0.25) is 0 Å². The first-order valence-corrected chi connectivity index (χ1v) is 12.9. The van der Waals surface area contributed by atoms with Crippen molar-refractivity contribution < 1.29 is 28.5 Å². The van der Waals surface area contributed by atoms with Gasteiger partial charge in [-0.3, -0.25) is 0 Å². The van der Waals surface area contributed by atoms with Crippen LogP contribution in [0.4, 0.5) is 0 Å². The summed E-state index contributed by atoms with van der Waals surface area (Å²) >= 11 is 0. The van der Waals surface area contributed by atoms with Gasteiger partial charge in [0.1, 0.15) is 11.5 Å². The summed E-state index contributed by atoms with van der Waals surface area (Å²) in [7, 11) is 0. The third-order valence-electron chi connectivity index (χ3n) is 5.75. The molecule has 3 aromatic rings. The molecule has 1 N–H and O–H groups in total. The fourth-order valence-corrected chi connectivity index (χ4v) is 3.91. The molecular formula is C31H36NO6. The van der Waals surface area contributed by atoms with Crippen LogP contribution in [0.5, 0.6) is 11.5 Å². The van der Waals surface area contributed by atoms with E-state index in [1.807, 2.05) is 66.7 Å². The van der Waals surface area contributed by atoms with Crippen molar-refractivity contribution in [3.8, 4) is 11.5 Å². The molecule has 0 atom stereocenters. The van der Waals surface area contributed by atoms with Gasteiger partial charge in [-0.05, 0) is 74.2 Å². The van der Waals surface area contributed by atoms with Gasteiger partial charge in [-0.25, -0.2) is 9.59 Å². The van der Waals surface area contributed by atoms with Crippen LogP contribution in [-0.2, 0) is 25.6 Å². The molecule has 0 aromatic heterocycles. The van der Waals surface area contributed by atoms with E-state index in [1.165, 1.54) is 5.56 Å². The zero-order valence-corrected chi connectivity index (χ0v) is 22.1. The Morgan fingerprint density at radius 2 is 1.24 bits per heavy atom. The molecule has 0 unspecified atom stereocenters. The van der Waals surface area contributed by atoms with Gasteiger partial charge in [-0.15, -0.1) is 0 Å². The van der Waals surface area contributed by atoms with Crippen molar-refractivity contribution in [1.29, 1.82) is 0 Å². The molecule has 0 saturated heterocycles. The zero-order chi connectivity index (χ0) is 27.0. The fourth-order valence-electron chi connectivity index (χ4n) is 3.91. The van der Waals surface area contributed by atoms with E-state index < -0.39 is 11.9 Å². The van der Waals surface area contributed by atoms with Gasteiger partial charge in [0.15, 0.2) is 13.2 Å². The first kappa shape index (κ1) is 28.7. The van der Waals surface area contributed by atoms with E-state index in [2.05, 4.69) is 23.9 Å². The molecule has 0 aliphatic heterocycles. The second-order valence-electron chi connectivity index (χ2n) is 8.52. The largest absolute Gasteiger partial charge is 0.482 e. The Balaban J connectivity index is 1.63. The molecule has 0 amide bonds. The van der Waals surface area contributed by atoms with Gasteiger partial charge in [0, 0.05) is 12.5 Å². The number of esters is 2. The summed E-state index contributed by atoms with van der Waals surface area (Å²) in [6.45, 7) is 5.52. The minimum Gasteiger partial charge on any atom is -0.482 e. The molecule has 1 radical (unpaired) electrons. The van der Waals surface area contributed by atoms with Crippen molar-refractivity contribution >= 4 is 11.9 Å². The molecule has 0 heterocycles. The second-order valence-corrected chi connectivity index (χ2v) is 8.52. The molecule has 0 bridgehead atoms. The third kappa shape index (κ3) is 9.90. The van der Waals surface area contributed by atoms with E-state index in [4.69, 9.17) is 18.9 Å². The van der Waals surface area contributed by atoms with Crippen LogP contribution in [0.1, 0.15) is 42.9 Å². The van der Waals surface area contributed by atoms with E-state index in [9.17, 15) is 9.59 Å². The predicted molar refractivity (Wildman–Crippen MR) is 146 cm³/mol. The molecule has 0 saturated carbocycles. The Hall–Kier alpha value is -3.84. The molecule has 3 aromatic carbocycles. The Kier molecular flexibility index (Phi) is 12.2. The molecule has 0 aliphatic carbocycles. The summed E-state index contributed by atoms with van der Waals surface area (Å²) in [4.78, 5) is 23.2. The normalized spacial score (nSPS) is 10.7. The summed E-state index contributed by atoms with van der Waals surface area (Å²) in [6.07, 6.45) is 3.05. The number of hydrogen-bond donors (Lipinski definition) is 1. The molecule has 38 heavy (non-hydrogen) atoms. The summed E-state index contributed by atoms with van der Waals surface area (Å²) < 4.78 is 20.9. The lowest BCUT2D eigenvalue weighted by atomic mass is 9.87. The van der Waals surface area contributed by atoms with Crippen LogP contribution >= 0.6 is 0 Å². The monoisotopic (exact) mass is 518 g/mol. The Morgan fingerprint density at radius 1 is 0.737 bits per heavy atom. The molecule has 0 aliphatic rings. The van der Waals surface area contributed by atoms with E-state index in [1.54, 1.807) is 13.8 Å². The van der Waals surface area contributed by atoms with Crippen molar-refractivity contribution in [2.45, 2.75) is 32.7 Å². The molecule has 7 nitrogen and oxygen atoms in total. The quantitative estimate of drug-likeness (QED) is 0.209. The number of nitrogens with one attached hydrogen (secondary N) is 1. The van der Waals surface area contributed by atoms with Crippen LogP contribution in [0, 0.1) is 6.42 Å². The lowest BCUT2D eigenvalue weighted by Gasteiger charge is -2.19. The molecule has 0 spiro atoms. The van der Waals surface area contributed by atoms with Crippen molar-refractivity contribution in [3.05, 3.63) is 102 Å². The number of carbonyl (C=O) groups excluding carboxylic acids is 2. The van der Waals surface area contributed by atoms with Crippen LogP contribution < -0.4 is 14.8 Å². The zero-order valence-electron chi connectivity index (χ0n) is 22.1. The van der Waals surface area contributed by atoms with Gasteiger partial charge in [0.25, 0.3) is 0 Å². The minimum atomic E-state index is -0.391. The molecular weight excluding hydrogens is 482 g/mol. The topological polar surface area (TPSA) is 83.1 Å². The first-order chi connectivity index (χ1) is 18.6. The number of ether oxygens (including phenoxy) is 4. The number of hydrogen-bond acceptors (Lipinski definition) is 7. The fraction of sp³-hybridized carbons (Fsp3) is 0.323. The summed E-state index contributed by atoms with van der Waals surface area (Å²) in [5.41, 5.74) is 3.48. The van der Waals surface area contributed by atoms with E-state index >= 15 is 0 Å². The predicted octanol–water partition coefficient (Wildman–Crippen LogP) is 5.09. The van der Waals surface area contributed by atoms with Crippen molar-refractivity contribution in [2.75, 3.05) is 33.0 Å². The summed E-state index contributed by atoms with van der Waals surface area (Å²) in [6, 6.07) is 25.8. The number of benzene rings is 3. The van der Waals surface area contributed by atoms with Crippen LogP contribution in [0.25, 0.3) is 0 Å². The maximum Gasteiger partial charge on any atom is 0.344 e. The SMILES string of the molecule is CCOC(=O)COc1ccc(C(C[CH]CNCc2ccccc2)c2ccc(OCC(=O)OCC)cc2)cc1. The molecule has 201 valence electrons. The van der Waals surface area contributed by atoms with Crippen molar-refractivity contribution in [1.82, 2.24) is 5.32 Å². The van der Waals surface area contributed by atoms with Crippen LogP contribution in [-0.4, -0.2) is 44.9 Å². The highest BCUT2D eigenvalue weighted by Gasteiger charge is 2.15. The van der Waals surface area contributed by atoms with Gasteiger partial charge in [-0.2, -0.15) is 0 Å². The van der Waals surface area contributed by atoms with Gasteiger partial charge < -0.3 is 24.3 Å². The highest BCUT2D eigenvalue weighted by atomic mass is 16.6. The number of rotatable bonds is 16. The minimum absolute atomic E-state index is 0.103. The van der Waals surface area contributed by atoms with Crippen LogP contribution in [0.2, 0.25) is 0 Å². The Bertz CT molecular complexity index is 1030. The lowest BCUT2D eigenvalue weighted by Crippen LogP contribution is -2.16. The average molecular weight is 519 g/mol. The Morgan fingerprint density at radius 3 is 1.71 bits per heavy atom. The Labute approximate surface area is 225 Å². The lowest BCUT2D eigenvalue weighted by molar-refractivity contribution is -0.146. The standard InChI is InChI=1S/C31H36NO6/c1-3-35-30(33)22-37-27-16-12-25(13-17-27)29(11-8-20-32-21-24-9-6-5-7-10-24)26-14-18-28(19-15-26)38-23-31(34)36-4-2/h5-10,12-19,29,32H,3-4,11,20-23H2,1-2H3. The van der Waals surface area contributed by atoms with Crippen LogP contribution in [0.15, 0.2) is 78.9 Å². The summed E-state index contributed by atoms with van der Waals surface area (Å²) in [5, 5.41) is 3.47. The summed E-state index contributed by atoms with van der Waals surface area (Å²) in [5.74, 6) is 0.537. The molecule has 0 fully saturated rings. The van der Waals surface area contributed by atoms with Crippen molar-refractivity contribution in [3.63, 3.8) is 0 Å². The van der Waals surface area contributed by atoms with E-state index in [0.29, 0.717) is 24.7 Å². The molecule has 3 rings (SSSR count).